The van der Waals surface area contributed by atoms with Crippen LogP contribution in [0, 0.1) is 5.92 Å². The molecule has 0 unspecified atom stereocenters. The molecule has 100 valence electrons. The maximum Gasteiger partial charge on any atom is 0.326 e. The minimum atomic E-state index is -0.988. The number of rotatable bonds is 7. The molecule has 5 nitrogen and oxygen atoms in total. The summed E-state index contributed by atoms with van der Waals surface area (Å²) in [6, 6.07) is -1.11. The van der Waals surface area contributed by atoms with Crippen molar-refractivity contribution >= 4 is 12.0 Å². The first-order valence-electron chi connectivity index (χ1n) is 6.20. The molecule has 0 aromatic rings. The average molecular weight is 244 g/mol. The molecule has 0 aliphatic carbocycles. The molecular formula is C12H24N2O3. The van der Waals surface area contributed by atoms with Gasteiger partial charge in [-0.15, -0.1) is 0 Å². The van der Waals surface area contributed by atoms with Crippen LogP contribution in [-0.2, 0) is 4.79 Å². The molecule has 5 heteroatoms. The van der Waals surface area contributed by atoms with Gasteiger partial charge in [-0.25, -0.2) is 9.59 Å². The minimum Gasteiger partial charge on any atom is -0.480 e. The summed E-state index contributed by atoms with van der Waals surface area (Å²) in [6.07, 6.45) is 2.11. The van der Waals surface area contributed by atoms with Gasteiger partial charge in [-0.3, -0.25) is 0 Å². The number of hydrogen-bond donors (Lipinski definition) is 3. The molecule has 0 spiro atoms. The second kappa shape index (κ2) is 7.92. The van der Waals surface area contributed by atoms with Crippen LogP contribution >= 0.6 is 0 Å². The quantitative estimate of drug-likeness (QED) is 0.640. The molecule has 0 aliphatic heterocycles. The number of amides is 2. The lowest BCUT2D eigenvalue weighted by molar-refractivity contribution is -0.139. The van der Waals surface area contributed by atoms with E-state index in [-0.39, 0.29) is 12.0 Å². The molecule has 0 aliphatic rings. The van der Waals surface area contributed by atoms with Crippen LogP contribution in [0.1, 0.15) is 47.0 Å². The standard InChI is InChI=1S/C12H24N2O3/c1-5-9(6-2)13-12(17)14-10(11(15)16)7-8(3)4/h8-10H,5-7H2,1-4H3,(H,15,16)(H2,13,14,17)/t10-/m0/s1. The number of nitrogens with one attached hydrogen (secondary N) is 2. The van der Waals surface area contributed by atoms with Crippen molar-refractivity contribution in [1.82, 2.24) is 10.6 Å². The number of aliphatic carboxylic acids is 1. The van der Waals surface area contributed by atoms with Gasteiger partial charge in [0.1, 0.15) is 6.04 Å². The monoisotopic (exact) mass is 244 g/mol. The zero-order chi connectivity index (χ0) is 13.4. The molecule has 0 aromatic heterocycles. The summed E-state index contributed by atoms with van der Waals surface area (Å²) in [7, 11) is 0. The predicted octanol–water partition coefficient (Wildman–Crippen LogP) is 1.97. The number of carbonyl (C=O) groups is 2. The van der Waals surface area contributed by atoms with Crippen LogP contribution < -0.4 is 10.6 Å². The van der Waals surface area contributed by atoms with Crippen LogP contribution in [0.5, 0.6) is 0 Å². The molecule has 0 bridgehead atoms. The highest BCUT2D eigenvalue weighted by Gasteiger charge is 2.21. The van der Waals surface area contributed by atoms with E-state index in [4.69, 9.17) is 5.11 Å². The van der Waals surface area contributed by atoms with Crippen molar-refractivity contribution in [3.8, 4) is 0 Å². The SMILES string of the molecule is CCC(CC)NC(=O)N[C@@H](CC(C)C)C(=O)O. The molecule has 1 atom stereocenters. The first-order valence-corrected chi connectivity index (χ1v) is 6.20. The Morgan fingerprint density at radius 3 is 2.00 bits per heavy atom. The number of urea groups is 1. The van der Waals surface area contributed by atoms with Crippen molar-refractivity contribution < 1.29 is 14.7 Å². The lowest BCUT2D eigenvalue weighted by Gasteiger charge is -2.20. The Hall–Kier alpha value is -1.26. The molecule has 0 aromatic carbocycles. The first-order chi connectivity index (χ1) is 7.90. The van der Waals surface area contributed by atoms with Crippen molar-refractivity contribution in [3.63, 3.8) is 0 Å². The van der Waals surface area contributed by atoms with Crippen molar-refractivity contribution in [2.24, 2.45) is 5.92 Å². The third-order valence-electron chi connectivity index (χ3n) is 2.63. The summed E-state index contributed by atoms with van der Waals surface area (Å²) in [5.74, 6) is -0.761. The first kappa shape index (κ1) is 15.7. The van der Waals surface area contributed by atoms with Gasteiger partial charge in [0.15, 0.2) is 0 Å². The predicted molar refractivity (Wildman–Crippen MR) is 66.9 cm³/mol. The zero-order valence-corrected chi connectivity index (χ0v) is 11.1. The van der Waals surface area contributed by atoms with Crippen molar-refractivity contribution in [2.75, 3.05) is 0 Å². The number of hydrogen-bond acceptors (Lipinski definition) is 2. The highest BCUT2D eigenvalue weighted by atomic mass is 16.4. The van der Waals surface area contributed by atoms with Crippen LogP contribution in [0.3, 0.4) is 0 Å². The van der Waals surface area contributed by atoms with Crippen molar-refractivity contribution in [2.45, 2.75) is 59.0 Å². The number of carboxylic acids is 1. The zero-order valence-electron chi connectivity index (χ0n) is 11.1. The topological polar surface area (TPSA) is 78.4 Å². The van der Waals surface area contributed by atoms with Crippen LogP contribution in [0.15, 0.2) is 0 Å². The van der Waals surface area contributed by atoms with Gasteiger partial charge in [-0.05, 0) is 25.2 Å². The molecule has 0 rings (SSSR count). The Labute approximate surface area is 103 Å². The molecular weight excluding hydrogens is 220 g/mol. The van der Waals surface area contributed by atoms with Gasteiger partial charge in [0.25, 0.3) is 0 Å². The minimum absolute atomic E-state index is 0.100. The van der Waals surface area contributed by atoms with Gasteiger partial charge in [0.05, 0.1) is 0 Å². The van der Waals surface area contributed by atoms with E-state index in [2.05, 4.69) is 10.6 Å². The van der Waals surface area contributed by atoms with E-state index in [1.165, 1.54) is 0 Å². The highest BCUT2D eigenvalue weighted by molar-refractivity contribution is 5.82. The Balaban J connectivity index is 4.25. The Bertz CT molecular complexity index is 250. The second-order valence-electron chi connectivity index (χ2n) is 4.65. The summed E-state index contributed by atoms with van der Waals surface area (Å²) in [4.78, 5) is 22.5. The van der Waals surface area contributed by atoms with E-state index < -0.39 is 18.0 Å². The van der Waals surface area contributed by atoms with Gasteiger partial charge in [0.2, 0.25) is 0 Å². The molecule has 2 amide bonds. The van der Waals surface area contributed by atoms with Crippen molar-refractivity contribution in [3.05, 3.63) is 0 Å². The Morgan fingerprint density at radius 1 is 1.12 bits per heavy atom. The molecule has 0 fully saturated rings. The molecule has 3 N–H and O–H groups in total. The lowest BCUT2D eigenvalue weighted by atomic mass is 10.0. The van der Waals surface area contributed by atoms with E-state index in [9.17, 15) is 9.59 Å². The van der Waals surface area contributed by atoms with Crippen LogP contribution in [0.4, 0.5) is 4.79 Å². The van der Waals surface area contributed by atoms with E-state index in [0.717, 1.165) is 12.8 Å². The molecule has 0 saturated carbocycles. The molecule has 0 saturated heterocycles. The fourth-order valence-corrected chi connectivity index (χ4v) is 1.57. The van der Waals surface area contributed by atoms with Crippen LogP contribution in [0.2, 0.25) is 0 Å². The summed E-state index contributed by atoms with van der Waals surface area (Å²) in [5.41, 5.74) is 0. The Morgan fingerprint density at radius 2 is 1.65 bits per heavy atom. The average Bonchev–Trinajstić information content (AvgIpc) is 2.24. The van der Waals surface area contributed by atoms with Gasteiger partial charge >= 0.3 is 12.0 Å². The number of carbonyl (C=O) groups excluding carboxylic acids is 1. The summed E-state index contributed by atoms with van der Waals surface area (Å²) >= 11 is 0. The van der Waals surface area contributed by atoms with E-state index in [0.29, 0.717) is 6.42 Å². The van der Waals surface area contributed by atoms with Crippen LogP contribution in [0.25, 0.3) is 0 Å². The van der Waals surface area contributed by atoms with Gasteiger partial charge < -0.3 is 15.7 Å². The van der Waals surface area contributed by atoms with Gasteiger partial charge in [0, 0.05) is 6.04 Å². The lowest BCUT2D eigenvalue weighted by Crippen LogP contribution is -2.49. The van der Waals surface area contributed by atoms with E-state index >= 15 is 0 Å². The third-order valence-corrected chi connectivity index (χ3v) is 2.63. The fraction of sp³-hybridized carbons (Fsp3) is 0.833. The van der Waals surface area contributed by atoms with E-state index in [1.54, 1.807) is 0 Å². The molecule has 0 radical (unpaired) electrons. The maximum absolute atomic E-state index is 11.6. The molecule has 17 heavy (non-hydrogen) atoms. The number of carboxylic acid groups (broad SMARTS) is 1. The van der Waals surface area contributed by atoms with Gasteiger partial charge in [-0.2, -0.15) is 0 Å². The van der Waals surface area contributed by atoms with Crippen LogP contribution in [-0.4, -0.2) is 29.2 Å². The fourth-order valence-electron chi connectivity index (χ4n) is 1.57. The Kier molecular flexibility index (Phi) is 7.34. The summed E-state index contributed by atoms with van der Waals surface area (Å²) in [5, 5.41) is 14.2. The third kappa shape index (κ3) is 6.81. The molecule has 0 heterocycles. The summed E-state index contributed by atoms with van der Waals surface area (Å²) < 4.78 is 0. The largest absolute Gasteiger partial charge is 0.480 e. The van der Waals surface area contributed by atoms with E-state index in [1.807, 2.05) is 27.7 Å². The van der Waals surface area contributed by atoms with Gasteiger partial charge in [-0.1, -0.05) is 27.7 Å². The highest BCUT2D eigenvalue weighted by Crippen LogP contribution is 2.05. The second-order valence-corrected chi connectivity index (χ2v) is 4.65. The van der Waals surface area contributed by atoms with Crippen molar-refractivity contribution in [1.29, 1.82) is 0 Å². The smallest absolute Gasteiger partial charge is 0.326 e. The maximum atomic E-state index is 11.6. The normalized spacial score (nSPS) is 12.6. The summed E-state index contributed by atoms with van der Waals surface area (Å²) in [6.45, 7) is 7.82.